The highest BCUT2D eigenvalue weighted by molar-refractivity contribution is 5.77. The van der Waals surface area contributed by atoms with Crippen molar-refractivity contribution in [2.75, 3.05) is 6.61 Å². The first-order chi connectivity index (χ1) is 9.28. The van der Waals surface area contributed by atoms with Crippen molar-refractivity contribution in [3.63, 3.8) is 0 Å². The molecule has 0 saturated carbocycles. The number of carbonyl (C=O) groups excluding carboxylic acids is 1. The summed E-state index contributed by atoms with van der Waals surface area (Å²) in [6, 6.07) is 7.16. The van der Waals surface area contributed by atoms with Gasteiger partial charge in [-0.1, -0.05) is 24.3 Å². The van der Waals surface area contributed by atoms with E-state index in [1.807, 2.05) is 32.9 Å². The number of benzene rings is 1. The van der Waals surface area contributed by atoms with E-state index in [1.54, 1.807) is 12.1 Å². The standard InChI is InChI=1S/C15H21NO4/c1-15(2,3)20-10-13(17)16-9-12-7-5-4-6-11(12)8-14(18)19/h4-7H,8-10H2,1-3H3,(H,16,17)(H,18,19). The second kappa shape index (κ2) is 7.05. The largest absolute Gasteiger partial charge is 0.481 e. The minimum Gasteiger partial charge on any atom is -0.481 e. The van der Waals surface area contributed by atoms with Crippen LogP contribution in [0, 0.1) is 0 Å². The second-order valence-electron chi connectivity index (χ2n) is 5.52. The third kappa shape index (κ3) is 6.33. The lowest BCUT2D eigenvalue weighted by Gasteiger charge is -2.19. The minimum atomic E-state index is -0.889. The van der Waals surface area contributed by atoms with Crippen molar-refractivity contribution in [1.82, 2.24) is 5.32 Å². The molecular weight excluding hydrogens is 258 g/mol. The number of nitrogens with one attached hydrogen (secondary N) is 1. The van der Waals surface area contributed by atoms with E-state index in [0.29, 0.717) is 12.1 Å². The van der Waals surface area contributed by atoms with Crippen molar-refractivity contribution >= 4 is 11.9 Å². The first-order valence-corrected chi connectivity index (χ1v) is 6.47. The zero-order valence-electron chi connectivity index (χ0n) is 12.1. The van der Waals surface area contributed by atoms with Crippen LogP contribution < -0.4 is 5.32 Å². The van der Waals surface area contributed by atoms with Gasteiger partial charge in [-0.15, -0.1) is 0 Å². The summed E-state index contributed by atoms with van der Waals surface area (Å²) in [6.45, 7) is 5.92. The molecule has 0 fully saturated rings. The third-order valence-corrected chi connectivity index (χ3v) is 2.57. The zero-order valence-corrected chi connectivity index (χ0v) is 12.1. The Morgan fingerprint density at radius 1 is 1.20 bits per heavy atom. The van der Waals surface area contributed by atoms with Gasteiger partial charge in [-0.05, 0) is 31.9 Å². The van der Waals surface area contributed by atoms with Crippen LogP contribution in [0.1, 0.15) is 31.9 Å². The quantitative estimate of drug-likeness (QED) is 0.831. The lowest BCUT2D eigenvalue weighted by Crippen LogP contribution is -2.32. The monoisotopic (exact) mass is 279 g/mol. The van der Waals surface area contributed by atoms with E-state index in [9.17, 15) is 9.59 Å². The molecule has 0 aliphatic carbocycles. The first-order valence-electron chi connectivity index (χ1n) is 6.47. The maximum atomic E-state index is 11.6. The molecule has 0 bridgehead atoms. The highest BCUT2D eigenvalue weighted by Crippen LogP contribution is 2.10. The average molecular weight is 279 g/mol. The van der Waals surface area contributed by atoms with Crippen LogP contribution in [0.25, 0.3) is 0 Å². The van der Waals surface area contributed by atoms with Crippen molar-refractivity contribution in [1.29, 1.82) is 0 Å². The van der Waals surface area contributed by atoms with E-state index in [1.165, 1.54) is 0 Å². The van der Waals surface area contributed by atoms with Gasteiger partial charge in [0.15, 0.2) is 0 Å². The predicted molar refractivity (Wildman–Crippen MR) is 75.3 cm³/mol. The molecule has 1 aromatic rings. The summed E-state index contributed by atoms with van der Waals surface area (Å²) in [5.41, 5.74) is 1.15. The topological polar surface area (TPSA) is 75.6 Å². The van der Waals surface area contributed by atoms with Crippen molar-refractivity contribution < 1.29 is 19.4 Å². The van der Waals surface area contributed by atoms with Crippen LogP contribution in [-0.2, 0) is 27.3 Å². The Morgan fingerprint density at radius 2 is 1.80 bits per heavy atom. The summed E-state index contributed by atoms with van der Waals surface area (Å²) < 4.78 is 5.37. The SMILES string of the molecule is CC(C)(C)OCC(=O)NCc1ccccc1CC(=O)O. The number of rotatable bonds is 6. The summed E-state index contributed by atoms with van der Waals surface area (Å²) >= 11 is 0. The van der Waals surface area contributed by atoms with Gasteiger partial charge in [0.05, 0.1) is 12.0 Å². The van der Waals surface area contributed by atoms with Gasteiger partial charge in [-0.3, -0.25) is 9.59 Å². The van der Waals surface area contributed by atoms with Crippen LogP contribution in [0.5, 0.6) is 0 Å². The molecule has 0 aromatic heterocycles. The molecule has 0 unspecified atom stereocenters. The van der Waals surface area contributed by atoms with Gasteiger partial charge in [0.25, 0.3) is 0 Å². The van der Waals surface area contributed by atoms with Crippen LogP contribution in [-0.4, -0.2) is 29.2 Å². The van der Waals surface area contributed by atoms with Gasteiger partial charge < -0.3 is 15.2 Å². The van der Waals surface area contributed by atoms with Crippen LogP contribution in [0.3, 0.4) is 0 Å². The molecule has 2 N–H and O–H groups in total. The Balaban J connectivity index is 2.53. The molecule has 0 spiro atoms. The lowest BCUT2D eigenvalue weighted by atomic mass is 10.0. The Kier molecular flexibility index (Phi) is 5.70. The fourth-order valence-corrected chi connectivity index (χ4v) is 1.59. The number of amides is 1. The molecule has 0 saturated heterocycles. The molecule has 1 aromatic carbocycles. The average Bonchev–Trinajstić information content (AvgIpc) is 2.34. The van der Waals surface area contributed by atoms with E-state index >= 15 is 0 Å². The maximum Gasteiger partial charge on any atom is 0.307 e. The molecule has 110 valence electrons. The van der Waals surface area contributed by atoms with Gasteiger partial charge in [0.2, 0.25) is 5.91 Å². The molecule has 0 atom stereocenters. The van der Waals surface area contributed by atoms with Crippen LogP contribution in [0.2, 0.25) is 0 Å². The van der Waals surface area contributed by atoms with Crippen molar-refractivity contribution in [3.8, 4) is 0 Å². The number of carboxylic acids is 1. The highest BCUT2D eigenvalue weighted by atomic mass is 16.5. The van der Waals surface area contributed by atoms with E-state index in [-0.39, 0.29) is 24.5 Å². The third-order valence-electron chi connectivity index (χ3n) is 2.57. The van der Waals surface area contributed by atoms with Gasteiger partial charge in [-0.2, -0.15) is 0 Å². The lowest BCUT2D eigenvalue weighted by molar-refractivity contribution is -0.136. The predicted octanol–water partition coefficient (Wildman–Crippen LogP) is 1.74. The van der Waals surface area contributed by atoms with E-state index in [2.05, 4.69) is 5.32 Å². The molecule has 1 amide bonds. The molecule has 5 nitrogen and oxygen atoms in total. The molecule has 0 radical (unpaired) electrons. The molecule has 5 heteroatoms. The number of ether oxygens (including phenoxy) is 1. The zero-order chi connectivity index (χ0) is 15.2. The fraction of sp³-hybridized carbons (Fsp3) is 0.467. The number of hydrogen-bond donors (Lipinski definition) is 2. The van der Waals surface area contributed by atoms with E-state index < -0.39 is 5.97 Å². The first kappa shape index (κ1) is 16.2. The van der Waals surface area contributed by atoms with Crippen LogP contribution in [0.15, 0.2) is 24.3 Å². The maximum absolute atomic E-state index is 11.6. The Bertz CT molecular complexity index is 477. The van der Waals surface area contributed by atoms with E-state index in [0.717, 1.165) is 5.56 Å². The molecule has 1 rings (SSSR count). The van der Waals surface area contributed by atoms with Gasteiger partial charge in [-0.25, -0.2) is 0 Å². The summed E-state index contributed by atoms with van der Waals surface area (Å²) in [6.07, 6.45) is -0.0511. The number of carboxylic acid groups (broad SMARTS) is 1. The number of carbonyl (C=O) groups is 2. The van der Waals surface area contributed by atoms with Gasteiger partial charge >= 0.3 is 5.97 Å². The molecule has 0 aliphatic heterocycles. The fourth-order valence-electron chi connectivity index (χ4n) is 1.59. The Hall–Kier alpha value is -1.88. The number of hydrogen-bond acceptors (Lipinski definition) is 3. The summed E-state index contributed by atoms with van der Waals surface area (Å²) in [4.78, 5) is 22.4. The van der Waals surface area contributed by atoms with Crippen LogP contribution >= 0.6 is 0 Å². The van der Waals surface area contributed by atoms with Crippen molar-refractivity contribution in [2.45, 2.75) is 39.3 Å². The normalized spacial score (nSPS) is 11.2. The molecule has 20 heavy (non-hydrogen) atoms. The minimum absolute atomic E-state index is 0.00933. The van der Waals surface area contributed by atoms with Gasteiger partial charge in [0.1, 0.15) is 6.61 Å². The second-order valence-corrected chi connectivity index (χ2v) is 5.52. The van der Waals surface area contributed by atoms with Crippen LogP contribution in [0.4, 0.5) is 0 Å². The summed E-state index contributed by atoms with van der Waals surface area (Å²) in [7, 11) is 0. The molecule has 0 aliphatic rings. The Morgan fingerprint density at radius 3 is 2.35 bits per heavy atom. The molecule has 0 heterocycles. The van der Waals surface area contributed by atoms with Gasteiger partial charge in [0, 0.05) is 6.54 Å². The summed E-state index contributed by atoms with van der Waals surface area (Å²) in [5, 5.41) is 11.6. The molecular formula is C15H21NO4. The number of aliphatic carboxylic acids is 1. The van der Waals surface area contributed by atoms with E-state index in [4.69, 9.17) is 9.84 Å². The van der Waals surface area contributed by atoms with Crippen molar-refractivity contribution in [2.24, 2.45) is 0 Å². The Labute approximate surface area is 118 Å². The van der Waals surface area contributed by atoms with Crippen molar-refractivity contribution in [3.05, 3.63) is 35.4 Å². The highest BCUT2D eigenvalue weighted by Gasteiger charge is 2.13. The smallest absolute Gasteiger partial charge is 0.307 e. The summed E-state index contributed by atoms with van der Waals surface area (Å²) in [5.74, 6) is -1.11.